The predicted octanol–water partition coefficient (Wildman–Crippen LogP) is 3.24. The minimum atomic E-state index is -0.228. The molecule has 0 bridgehead atoms. The van der Waals surface area contributed by atoms with Crippen LogP contribution >= 0.6 is 0 Å². The van der Waals surface area contributed by atoms with E-state index >= 15 is 0 Å². The highest BCUT2D eigenvalue weighted by atomic mass is 16.1. The fraction of sp³-hybridized carbons (Fsp3) is 0.318. The number of hydrogen-bond donors (Lipinski definition) is 3. The van der Waals surface area contributed by atoms with Crippen LogP contribution in [0, 0.1) is 10.8 Å². The molecule has 27 heavy (non-hydrogen) atoms. The van der Waals surface area contributed by atoms with E-state index in [1.54, 1.807) is 0 Å². The molecule has 0 aromatic heterocycles. The summed E-state index contributed by atoms with van der Waals surface area (Å²) >= 11 is 0. The van der Waals surface area contributed by atoms with Crippen LogP contribution in [0.3, 0.4) is 0 Å². The van der Waals surface area contributed by atoms with Crippen LogP contribution in [0.25, 0.3) is 0 Å². The minimum Gasteiger partial charge on any atom is -0.367 e. The molecule has 0 aliphatic carbocycles. The SMILES string of the molecule is N=CC(C=N)c1ccc2c(c1)CCN2Cc1ccc(C2CNC(=O)C2)cc1. The first-order valence-electron chi connectivity index (χ1n) is 9.42. The van der Waals surface area contributed by atoms with Gasteiger partial charge in [0.2, 0.25) is 5.91 Å². The van der Waals surface area contributed by atoms with E-state index in [1.165, 1.54) is 34.8 Å². The summed E-state index contributed by atoms with van der Waals surface area (Å²) in [5.41, 5.74) is 6.07. The maximum Gasteiger partial charge on any atom is 0.220 e. The standard InChI is InChI=1S/C22H24N4O/c23-11-20(12-24)17-5-6-21-18(9-17)7-8-26(21)14-15-1-3-16(4-2-15)19-10-22(27)25-13-19/h1-6,9,11-12,19-20,23-24H,7-8,10,13-14H2,(H,25,27). The maximum absolute atomic E-state index is 11.4. The third kappa shape index (κ3) is 3.50. The van der Waals surface area contributed by atoms with Gasteiger partial charge in [0.15, 0.2) is 0 Å². The monoisotopic (exact) mass is 360 g/mol. The molecule has 1 unspecified atom stereocenters. The average molecular weight is 360 g/mol. The van der Waals surface area contributed by atoms with Crippen LogP contribution in [0.15, 0.2) is 42.5 Å². The lowest BCUT2D eigenvalue weighted by molar-refractivity contribution is -0.119. The summed E-state index contributed by atoms with van der Waals surface area (Å²) in [5.74, 6) is 0.215. The molecule has 1 atom stereocenters. The molecule has 1 saturated heterocycles. The van der Waals surface area contributed by atoms with Gasteiger partial charge in [-0.25, -0.2) is 0 Å². The Morgan fingerprint density at radius 2 is 1.93 bits per heavy atom. The Bertz CT molecular complexity index is 866. The number of rotatable bonds is 6. The molecule has 3 N–H and O–H groups in total. The summed E-state index contributed by atoms with van der Waals surface area (Å²) < 4.78 is 0. The Kier molecular flexibility index (Phi) is 4.75. The number of fused-ring (bicyclic) bond motifs is 1. The summed E-state index contributed by atoms with van der Waals surface area (Å²) in [4.78, 5) is 13.8. The first-order chi connectivity index (χ1) is 13.2. The summed E-state index contributed by atoms with van der Waals surface area (Å²) in [7, 11) is 0. The van der Waals surface area contributed by atoms with Crippen LogP contribution in [0.5, 0.6) is 0 Å². The lowest BCUT2D eigenvalue weighted by atomic mass is 9.97. The van der Waals surface area contributed by atoms with Crippen LogP contribution in [0.4, 0.5) is 5.69 Å². The van der Waals surface area contributed by atoms with Gasteiger partial charge in [0.1, 0.15) is 0 Å². The number of anilines is 1. The summed E-state index contributed by atoms with van der Waals surface area (Å²) in [6.07, 6.45) is 4.22. The number of benzene rings is 2. The molecule has 5 nitrogen and oxygen atoms in total. The van der Waals surface area contributed by atoms with Gasteiger partial charge < -0.3 is 21.0 Å². The number of nitrogens with zero attached hydrogens (tertiary/aromatic N) is 1. The molecule has 0 spiro atoms. The van der Waals surface area contributed by atoms with E-state index in [2.05, 4.69) is 46.6 Å². The Hall–Kier alpha value is -2.95. The lowest BCUT2D eigenvalue weighted by Gasteiger charge is -2.20. The molecule has 2 heterocycles. The van der Waals surface area contributed by atoms with Crippen LogP contribution in [-0.2, 0) is 17.8 Å². The van der Waals surface area contributed by atoms with Crippen LogP contribution in [0.1, 0.15) is 40.5 Å². The minimum absolute atomic E-state index is 0.144. The van der Waals surface area contributed by atoms with Crippen molar-refractivity contribution in [2.24, 2.45) is 0 Å². The number of nitrogens with one attached hydrogen (secondary N) is 3. The largest absolute Gasteiger partial charge is 0.367 e. The molecule has 0 saturated carbocycles. The topological polar surface area (TPSA) is 80.0 Å². The Morgan fingerprint density at radius 3 is 2.59 bits per heavy atom. The van der Waals surface area contributed by atoms with Gasteiger partial charge in [0.05, 0.1) is 5.92 Å². The van der Waals surface area contributed by atoms with Crippen molar-refractivity contribution in [3.8, 4) is 0 Å². The van der Waals surface area contributed by atoms with Gasteiger partial charge in [-0.15, -0.1) is 0 Å². The number of carbonyl (C=O) groups is 1. The van der Waals surface area contributed by atoms with Crippen molar-refractivity contribution < 1.29 is 4.79 Å². The van der Waals surface area contributed by atoms with Crippen LogP contribution in [-0.4, -0.2) is 31.4 Å². The third-order valence-electron chi connectivity index (χ3n) is 5.64. The van der Waals surface area contributed by atoms with E-state index in [0.717, 1.165) is 31.6 Å². The van der Waals surface area contributed by atoms with E-state index in [1.807, 2.05) is 6.07 Å². The van der Waals surface area contributed by atoms with Gasteiger partial charge in [-0.2, -0.15) is 0 Å². The van der Waals surface area contributed by atoms with Crippen molar-refractivity contribution >= 4 is 24.0 Å². The smallest absolute Gasteiger partial charge is 0.220 e. The van der Waals surface area contributed by atoms with Crippen molar-refractivity contribution in [3.63, 3.8) is 0 Å². The van der Waals surface area contributed by atoms with Crippen molar-refractivity contribution in [1.82, 2.24) is 5.32 Å². The van der Waals surface area contributed by atoms with Gasteiger partial charge >= 0.3 is 0 Å². The molecule has 5 heteroatoms. The van der Waals surface area contributed by atoms with Gasteiger partial charge in [-0.05, 0) is 34.7 Å². The molecule has 1 amide bonds. The molecule has 2 aliphatic rings. The maximum atomic E-state index is 11.4. The summed E-state index contributed by atoms with van der Waals surface area (Å²) in [6.45, 7) is 2.60. The van der Waals surface area contributed by atoms with E-state index in [4.69, 9.17) is 10.8 Å². The number of hydrogen-bond acceptors (Lipinski definition) is 4. The second-order valence-corrected chi connectivity index (χ2v) is 7.37. The highest BCUT2D eigenvalue weighted by Crippen LogP contribution is 2.32. The van der Waals surface area contributed by atoms with Gasteiger partial charge in [-0.3, -0.25) is 4.79 Å². The molecular weight excluding hydrogens is 336 g/mol. The molecule has 4 rings (SSSR count). The molecule has 2 aromatic carbocycles. The predicted molar refractivity (Wildman–Crippen MR) is 108 cm³/mol. The highest BCUT2D eigenvalue weighted by Gasteiger charge is 2.23. The van der Waals surface area contributed by atoms with Crippen molar-refractivity contribution in [2.75, 3.05) is 18.0 Å². The van der Waals surface area contributed by atoms with Crippen LogP contribution < -0.4 is 10.2 Å². The molecule has 2 aromatic rings. The molecule has 138 valence electrons. The van der Waals surface area contributed by atoms with Gasteiger partial charge in [0, 0.05) is 50.1 Å². The first-order valence-corrected chi connectivity index (χ1v) is 9.42. The number of amides is 1. The highest BCUT2D eigenvalue weighted by molar-refractivity contribution is 5.88. The normalized spacial score (nSPS) is 19.5. The van der Waals surface area contributed by atoms with Crippen molar-refractivity contribution in [3.05, 3.63) is 64.7 Å². The van der Waals surface area contributed by atoms with Crippen molar-refractivity contribution in [1.29, 1.82) is 10.8 Å². The summed E-state index contributed by atoms with van der Waals surface area (Å²) in [5, 5.41) is 17.8. The molecule has 1 fully saturated rings. The fourth-order valence-electron chi connectivity index (χ4n) is 4.06. The van der Waals surface area contributed by atoms with Crippen molar-refractivity contribution in [2.45, 2.75) is 31.2 Å². The Balaban J connectivity index is 1.46. The molecular formula is C22H24N4O. The second kappa shape index (κ2) is 7.35. The zero-order chi connectivity index (χ0) is 18.8. The summed E-state index contributed by atoms with van der Waals surface area (Å²) in [6, 6.07) is 14.9. The van der Waals surface area contributed by atoms with Gasteiger partial charge in [-0.1, -0.05) is 36.4 Å². The van der Waals surface area contributed by atoms with E-state index in [-0.39, 0.29) is 11.8 Å². The quantitative estimate of drug-likeness (QED) is 0.692. The third-order valence-corrected chi connectivity index (χ3v) is 5.64. The zero-order valence-electron chi connectivity index (χ0n) is 15.2. The second-order valence-electron chi connectivity index (χ2n) is 7.37. The first kappa shape index (κ1) is 17.5. The Morgan fingerprint density at radius 1 is 1.15 bits per heavy atom. The van der Waals surface area contributed by atoms with E-state index in [9.17, 15) is 4.79 Å². The fourth-order valence-corrected chi connectivity index (χ4v) is 4.06. The van der Waals surface area contributed by atoms with Gasteiger partial charge in [0.25, 0.3) is 0 Å². The molecule has 2 aliphatic heterocycles. The Labute approximate surface area is 159 Å². The average Bonchev–Trinajstić information content (AvgIpc) is 3.30. The zero-order valence-corrected chi connectivity index (χ0v) is 15.2. The number of carbonyl (C=O) groups excluding carboxylic acids is 1. The van der Waals surface area contributed by atoms with E-state index < -0.39 is 0 Å². The molecule has 0 radical (unpaired) electrons. The van der Waals surface area contributed by atoms with Crippen LogP contribution in [0.2, 0.25) is 0 Å². The lowest BCUT2D eigenvalue weighted by Crippen LogP contribution is -2.19. The van der Waals surface area contributed by atoms with E-state index in [0.29, 0.717) is 12.3 Å².